The van der Waals surface area contributed by atoms with E-state index >= 15 is 0 Å². The summed E-state index contributed by atoms with van der Waals surface area (Å²) >= 11 is 0. The molecule has 0 saturated carbocycles. The highest BCUT2D eigenvalue weighted by Gasteiger charge is 2.14. The van der Waals surface area contributed by atoms with Crippen molar-refractivity contribution < 1.29 is 19.1 Å². The number of methoxy groups -OCH3 is 1. The van der Waals surface area contributed by atoms with Crippen LogP contribution in [0.3, 0.4) is 0 Å². The van der Waals surface area contributed by atoms with Crippen LogP contribution in [-0.2, 0) is 11.3 Å². The molecule has 0 aliphatic rings. The molecule has 0 atom stereocenters. The van der Waals surface area contributed by atoms with E-state index in [9.17, 15) is 14.4 Å². The lowest BCUT2D eigenvalue weighted by molar-refractivity contribution is 0.0463. The van der Waals surface area contributed by atoms with E-state index in [4.69, 9.17) is 9.47 Å². The van der Waals surface area contributed by atoms with Crippen molar-refractivity contribution in [2.24, 2.45) is 0 Å². The number of H-pyrrole nitrogens is 1. The van der Waals surface area contributed by atoms with Crippen LogP contribution < -0.4 is 10.2 Å². The number of Topliss-reactive ketones (excluding diaryl/α,β-unsaturated/α-hetero) is 1. The summed E-state index contributed by atoms with van der Waals surface area (Å²) in [7, 11) is 1.49. The monoisotopic (exact) mass is 351 g/mol. The van der Waals surface area contributed by atoms with Crippen LogP contribution in [-0.4, -0.2) is 23.8 Å². The fraction of sp³-hybridized carbons (Fsp3) is 0.150. The molecular weight excluding hydrogens is 334 g/mol. The van der Waals surface area contributed by atoms with Crippen LogP contribution in [0.1, 0.15) is 33.3 Å². The minimum Gasteiger partial charge on any atom is -0.496 e. The van der Waals surface area contributed by atoms with Gasteiger partial charge in [0, 0.05) is 28.1 Å². The number of carbonyl (C=O) groups is 2. The summed E-state index contributed by atoms with van der Waals surface area (Å²) in [6, 6.07) is 13.1. The molecule has 0 saturated heterocycles. The molecule has 26 heavy (non-hydrogen) atoms. The first-order valence-corrected chi connectivity index (χ1v) is 7.96. The molecule has 3 aromatic rings. The van der Waals surface area contributed by atoms with Crippen molar-refractivity contribution in [3.63, 3.8) is 0 Å². The number of para-hydroxylation sites is 1. The Morgan fingerprint density at radius 2 is 1.85 bits per heavy atom. The summed E-state index contributed by atoms with van der Waals surface area (Å²) in [6.07, 6.45) is 0. The Labute approximate surface area is 149 Å². The molecule has 0 aliphatic heterocycles. The van der Waals surface area contributed by atoms with Gasteiger partial charge in [0.2, 0.25) is 0 Å². The van der Waals surface area contributed by atoms with Gasteiger partial charge in [-0.2, -0.15) is 0 Å². The maximum Gasteiger partial charge on any atom is 0.355 e. The first-order chi connectivity index (χ1) is 12.5. The number of hydrogen-bond donors (Lipinski definition) is 1. The normalized spacial score (nSPS) is 10.5. The number of pyridine rings is 1. The number of hydrogen-bond acceptors (Lipinski definition) is 5. The molecule has 0 bridgehead atoms. The Morgan fingerprint density at radius 3 is 2.58 bits per heavy atom. The molecule has 1 heterocycles. The zero-order valence-corrected chi connectivity index (χ0v) is 14.4. The first kappa shape index (κ1) is 17.4. The second-order valence-corrected chi connectivity index (χ2v) is 5.75. The van der Waals surface area contributed by atoms with E-state index in [1.54, 1.807) is 42.5 Å². The summed E-state index contributed by atoms with van der Waals surface area (Å²) in [5.41, 5.74) is 1.42. The quantitative estimate of drug-likeness (QED) is 0.564. The zero-order chi connectivity index (χ0) is 18.7. The van der Waals surface area contributed by atoms with Crippen molar-refractivity contribution in [1.29, 1.82) is 0 Å². The molecule has 6 heteroatoms. The molecule has 0 aliphatic carbocycles. The van der Waals surface area contributed by atoms with Crippen LogP contribution >= 0.6 is 0 Å². The topological polar surface area (TPSA) is 85.5 Å². The third-order valence-corrected chi connectivity index (χ3v) is 4.00. The van der Waals surface area contributed by atoms with Crippen molar-refractivity contribution in [2.45, 2.75) is 13.5 Å². The smallest absolute Gasteiger partial charge is 0.355 e. The van der Waals surface area contributed by atoms with Crippen LogP contribution in [0.5, 0.6) is 5.75 Å². The van der Waals surface area contributed by atoms with Gasteiger partial charge in [-0.1, -0.05) is 12.1 Å². The minimum absolute atomic E-state index is 0.0652. The Hall–Kier alpha value is -3.41. The molecule has 2 aromatic carbocycles. The number of esters is 1. The Morgan fingerprint density at radius 1 is 1.08 bits per heavy atom. The molecule has 0 spiro atoms. The van der Waals surface area contributed by atoms with Crippen LogP contribution in [0.25, 0.3) is 10.9 Å². The largest absolute Gasteiger partial charge is 0.496 e. The average molecular weight is 351 g/mol. The number of aromatic amines is 1. The van der Waals surface area contributed by atoms with Gasteiger partial charge in [0.05, 0.1) is 7.11 Å². The Bertz CT molecular complexity index is 1050. The van der Waals surface area contributed by atoms with Crippen LogP contribution in [0.2, 0.25) is 0 Å². The lowest BCUT2D eigenvalue weighted by Gasteiger charge is -2.11. The van der Waals surface area contributed by atoms with Gasteiger partial charge < -0.3 is 14.5 Å². The molecule has 3 rings (SSSR count). The fourth-order valence-electron chi connectivity index (χ4n) is 2.64. The number of fused-ring (bicyclic) bond motifs is 1. The van der Waals surface area contributed by atoms with Gasteiger partial charge in [-0.15, -0.1) is 0 Å². The summed E-state index contributed by atoms with van der Waals surface area (Å²) in [5.74, 6) is -0.253. The molecule has 132 valence electrons. The molecule has 0 radical (unpaired) electrons. The van der Waals surface area contributed by atoms with Crippen molar-refractivity contribution >= 4 is 22.7 Å². The summed E-state index contributed by atoms with van der Waals surface area (Å²) in [5, 5.41) is 0.500. The van der Waals surface area contributed by atoms with Crippen molar-refractivity contribution in [3.8, 4) is 5.75 Å². The van der Waals surface area contributed by atoms with Crippen LogP contribution in [0.4, 0.5) is 0 Å². The maximum absolute atomic E-state index is 12.3. The maximum atomic E-state index is 12.3. The SMILES string of the molecule is COc1ccc(C(C)=O)cc1COC(=O)c1cc(=O)c2ccccc2[nH]1. The Kier molecular flexibility index (Phi) is 4.84. The zero-order valence-electron chi connectivity index (χ0n) is 14.4. The summed E-state index contributed by atoms with van der Waals surface area (Å²) in [4.78, 5) is 38.9. The highest BCUT2D eigenvalue weighted by Crippen LogP contribution is 2.21. The number of ether oxygens (including phenoxy) is 2. The third kappa shape index (κ3) is 3.49. The second kappa shape index (κ2) is 7.23. The van der Waals surface area contributed by atoms with E-state index in [1.807, 2.05) is 0 Å². The van der Waals surface area contributed by atoms with Crippen molar-refractivity contribution in [2.75, 3.05) is 7.11 Å². The molecule has 6 nitrogen and oxygen atoms in total. The molecule has 0 amide bonds. The second-order valence-electron chi connectivity index (χ2n) is 5.75. The van der Waals surface area contributed by atoms with Gasteiger partial charge in [-0.25, -0.2) is 4.79 Å². The van der Waals surface area contributed by atoms with E-state index in [2.05, 4.69) is 4.98 Å². The van der Waals surface area contributed by atoms with Gasteiger partial charge in [0.15, 0.2) is 11.2 Å². The number of aromatic nitrogens is 1. The van der Waals surface area contributed by atoms with Gasteiger partial charge in [0.1, 0.15) is 18.1 Å². The molecule has 1 N–H and O–H groups in total. The van der Waals surface area contributed by atoms with E-state index in [-0.39, 0.29) is 23.5 Å². The first-order valence-electron chi connectivity index (χ1n) is 7.96. The molecular formula is C20H17NO5. The Balaban J connectivity index is 1.84. The molecule has 0 fully saturated rings. The van der Waals surface area contributed by atoms with Gasteiger partial charge in [-0.05, 0) is 37.3 Å². The number of nitrogens with one attached hydrogen (secondary N) is 1. The summed E-state index contributed by atoms with van der Waals surface area (Å²) < 4.78 is 10.5. The van der Waals surface area contributed by atoms with E-state index < -0.39 is 5.97 Å². The lowest BCUT2D eigenvalue weighted by Crippen LogP contribution is -2.13. The predicted molar refractivity (Wildman–Crippen MR) is 96.7 cm³/mol. The van der Waals surface area contributed by atoms with Gasteiger partial charge in [0.25, 0.3) is 0 Å². The number of carbonyl (C=O) groups excluding carboxylic acids is 2. The fourth-order valence-corrected chi connectivity index (χ4v) is 2.64. The van der Waals surface area contributed by atoms with E-state index in [1.165, 1.54) is 20.1 Å². The standard InChI is InChI=1S/C20H17NO5/c1-12(22)13-7-8-19(25-2)14(9-13)11-26-20(24)17-10-18(23)15-5-3-4-6-16(15)21-17/h3-10H,11H2,1-2H3,(H,21,23). The lowest BCUT2D eigenvalue weighted by atomic mass is 10.1. The van der Waals surface area contributed by atoms with Gasteiger partial charge >= 0.3 is 5.97 Å². The number of ketones is 1. The third-order valence-electron chi connectivity index (χ3n) is 4.00. The van der Waals surface area contributed by atoms with Crippen molar-refractivity contribution in [3.05, 3.63) is 75.6 Å². The van der Waals surface area contributed by atoms with Crippen LogP contribution in [0, 0.1) is 0 Å². The van der Waals surface area contributed by atoms with Gasteiger partial charge in [-0.3, -0.25) is 9.59 Å². The molecule has 1 aromatic heterocycles. The summed E-state index contributed by atoms with van der Waals surface area (Å²) in [6.45, 7) is 1.37. The highest BCUT2D eigenvalue weighted by molar-refractivity contribution is 5.94. The number of rotatable bonds is 5. The minimum atomic E-state index is -0.664. The predicted octanol–water partition coefficient (Wildman–Crippen LogP) is 3.10. The van der Waals surface area contributed by atoms with Crippen molar-refractivity contribution in [1.82, 2.24) is 4.98 Å². The van der Waals surface area contributed by atoms with E-state index in [0.29, 0.717) is 27.8 Å². The molecule has 0 unspecified atom stereocenters. The van der Waals surface area contributed by atoms with Crippen LogP contribution in [0.15, 0.2) is 53.3 Å². The number of benzene rings is 2. The van der Waals surface area contributed by atoms with E-state index in [0.717, 1.165) is 0 Å². The highest BCUT2D eigenvalue weighted by atomic mass is 16.5. The average Bonchev–Trinajstić information content (AvgIpc) is 2.65.